The van der Waals surface area contributed by atoms with Crippen molar-refractivity contribution < 1.29 is 13.2 Å². The molecule has 0 N–H and O–H groups in total. The van der Waals surface area contributed by atoms with E-state index >= 15 is 0 Å². The number of hydrogen-bond donors (Lipinski definition) is 0. The summed E-state index contributed by atoms with van der Waals surface area (Å²) < 4.78 is 26.3. The van der Waals surface area contributed by atoms with Gasteiger partial charge in [0.05, 0.1) is 15.5 Å². The standard InChI is InChI=1S/C23H25ClN2O3S2/c1-17(14-19-10-7-13-30-19)26(16-18-8-5-4-6-9-18)23(27)21-15-20(11-12-22(21)24)31(28,29)25(2)3/h4-13,15,17H,14,16H2,1-3H3/t17-/m1/s1. The van der Waals surface area contributed by atoms with E-state index < -0.39 is 10.0 Å². The van der Waals surface area contributed by atoms with Crippen LogP contribution in [0.4, 0.5) is 0 Å². The van der Waals surface area contributed by atoms with Crippen LogP contribution in [0.25, 0.3) is 0 Å². The van der Waals surface area contributed by atoms with Crippen molar-refractivity contribution in [3.05, 3.63) is 87.1 Å². The maximum Gasteiger partial charge on any atom is 0.255 e. The highest BCUT2D eigenvalue weighted by molar-refractivity contribution is 7.89. The molecular weight excluding hydrogens is 452 g/mol. The van der Waals surface area contributed by atoms with Gasteiger partial charge in [-0.25, -0.2) is 12.7 Å². The second-order valence-corrected chi connectivity index (χ2v) is 11.1. The average molecular weight is 477 g/mol. The molecule has 0 saturated carbocycles. The highest BCUT2D eigenvalue weighted by Crippen LogP contribution is 2.26. The topological polar surface area (TPSA) is 57.7 Å². The molecule has 0 aliphatic rings. The first-order valence-electron chi connectivity index (χ1n) is 9.79. The predicted octanol–water partition coefficient (Wildman–Crippen LogP) is 4.93. The molecule has 3 rings (SSSR count). The molecule has 164 valence electrons. The fourth-order valence-corrected chi connectivity index (χ4v) is 5.19. The Balaban J connectivity index is 1.99. The number of rotatable bonds is 8. The van der Waals surface area contributed by atoms with Crippen LogP contribution in [-0.2, 0) is 23.0 Å². The molecule has 1 aromatic heterocycles. The highest BCUT2D eigenvalue weighted by atomic mass is 35.5. The first kappa shape index (κ1) is 23.5. The van der Waals surface area contributed by atoms with Gasteiger partial charge in [0, 0.05) is 38.0 Å². The molecule has 0 aliphatic heterocycles. The minimum atomic E-state index is -3.69. The minimum Gasteiger partial charge on any atom is -0.331 e. The number of nitrogens with zero attached hydrogens (tertiary/aromatic N) is 2. The molecule has 8 heteroatoms. The quantitative estimate of drug-likeness (QED) is 0.463. The van der Waals surface area contributed by atoms with Gasteiger partial charge in [0.15, 0.2) is 0 Å². The Morgan fingerprint density at radius 1 is 1.06 bits per heavy atom. The fraction of sp³-hybridized carbons (Fsp3) is 0.261. The van der Waals surface area contributed by atoms with E-state index in [1.54, 1.807) is 16.2 Å². The van der Waals surface area contributed by atoms with Gasteiger partial charge in [0.2, 0.25) is 10.0 Å². The number of benzene rings is 2. The van der Waals surface area contributed by atoms with Crippen molar-refractivity contribution in [3.8, 4) is 0 Å². The van der Waals surface area contributed by atoms with E-state index in [9.17, 15) is 13.2 Å². The van der Waals surface area contributed by atoms with Crippen molar-refractivity contribution in [1.29, 1.82) is 0 Å². The Labute approximate surface area is 192 Å². The third-order valence-corrected chi connectivity index (χ3v) is 8.05. The molecule has 1 amide bonds. The number of sulfonamides is 1. The third-order valence-electron chi connectivity index (χ3n) is 5.01. The van der Waals surface area contributed by atoms with E-state index in [1.807, 2.05) is 54.8 Å². The van der Waals surface area contributed by atoms with Crippen molar-refractivity contribution in [2.24, 2.45) is 0 Å². The summed E-state index contributed by atoms with van der Waals surface area (Å²) in [7, 11) is -0.781. The zero-order valence-corrected chi connectivity index (χ0v) is 20.0. The van der Waals surface area contributed by atoms with Gasteiger partial charge in [-0.15, -0.1) is 11.3 Å². The van der Waals surface area contributed by atoms with Crippen LogP contribution in [0.2, 0.25) is 5.02 Å². The summed E-state index contributed by atoms with van der Waals surface area (Å²) in [6.45, 7) is 2.39. The lowest BCUT2D eigenvalue weighted by Crippen LogP contribution is -2.39. The lowest BCUT2D eigenvalue weighted by molar-refractivity contribution is 0.0676. The minimum absolute atomic E-state index is 0.0378. The molecule has 0 spiro atoms. The molecule has 0 bridgehead atoms. The van der Waals surface area contributed by atoms with Crippen LogP contribution in [-0.4, -0.2) is 43.7 Å². The van der Waals surface area contributed by atoms with Gasteiger partial charge in [0.1, 0.15) is 0 Å². The molecule has 1 heterocycles. The maximum absolute atomic E-state index is 13.6. The normalized spacial score (nSPS) is 12.7. The lowest BCUT2D eigenvalue weighted by Gasteiger charge is -2.30. The SMILES string of the molecule is C[C@H](Cc1cccs1)N(Cc1ccccc1)C(=O)c1cc(S(=O)(=O)N(C)C)ccc1Cl. The Hall–Kier alpha value is -2.19. The third kappa shape index (κ3) is 5.54. The van der Waals surface area contributed by atoms with E-state index in [4.69, 9.17) is 11.6 Å². The smallest absolute Gasteiger partial charge is 0.255 e. The molecule has 31 heavy (non-hydrogen) atoms. The lowest BCUT2D eigenvalue weighted by atomic mass is 10.1. The molecule has 1 atom stereocenters. The molecule has 0 unspecified atom stereocenters. The first-order chi connectivity index (χ1) is 14.7. The predicted molar refractivity (Wildman–Crippen MR) is 126 cm³/mol. The number of thiophene rings is 1. The van der Waals surface area contributed by atoms with Crippen LogP contribution >= 0.6 is 22.9 Å². The Bertz CT molecular complexity index is 1130. The van der Waals surface area contributed by atoms with E-state index in [1.165, 1.54) is 37.2 Å². The van der Waals surface area contributed by atoms with Gasteiger partial charge in [-0.2, -0.15) is 0 Å². The van der Waals surface area contributed by atoms with Crippen LogP contribution in [0.15, 0.2) is 70.9 Å². The van der Waals surface area contributed by atoms with Crippen LogP contribution in [0.3, 0.4) is 0 Å². The van der Waals surface area contributed by atoms with E-state index in [2.05, 4.69) is 0 Å². The van der Waals surface area contributed by atoms with Crippen LogP contribution in [0, 0.1) is 0 Å². The summed E-state index contributed by atoms with van der Waals surface area (Å²) in [6, 6.07) is 17.9. The summed E-state index contributed by atoms with van der Waals surface area (Å²) >= 11 is 8.01. The molecule has 0 aliphatic carbocycles. The largest absolute Gasteiger partial charge is 0.331 e. The van der Waals surface area contributed by atoms with E-state index in [-0.39, 0.29) is 27.4 Å². The zero-order valence-electron chi connectivity index (χ0n) is 17.7. The summed E-state index contributed by atoms with van der Waals surface area (Å²) in [5.74, 6) is -0.297. The van der Waals surface area contributed by atoms with Crippen LogP contribution < -0.4 is 0 Å². The van der Waals surface area contributed by atoms with Crippen molar-refractivity contribution in [2.75, 3.05) is 14.1 Å². The second kappa shape index (κ2) is 9.96. The van der Waals surface area contributed by atoms with Gasteiger partial charge in [-0.1, -0.05) is 48.0 Å². The van der Waals surface area contributed by atoms with Crippen molar-refractivity contribution in [2.45, 2.75) is 30.8 Å². The van der Waals surface area contributed by atoms with Gasteiger partial charge >= 0.3 is 0 Å². The monoisotopic (exact) mass is 476 g/mol. The van der Waals surface area contributed by atoms with Gasteiger partial charge < -0.3 is 4.90 Å². The second-order valence-electron chi connectivity index (χ2n) is 7.48. The summed E-state index contributed by atoms with van der Waals surface area (Å²) in [5, 5.41) is 2.24. The Morgan fingerprint density at radius 3 is 2.39 bits per heavy atom. The van der Waals surface area contributed by atoms with E-state index in [0.29, 0.717) is 13.0 Å². The highest BCUT2D eigenvalue weighted by Gasteiger charge is 2.27. The molecule has 0 saturated heterocycles. The van der Waals surface area contributed by atoms with Crippen molar-refractivity contribution in [1.82, 2.24) is 9.21 Å². The van der Waals surface area contributed by atoms with Crippen LogP contribution in [0.1, 0.15) is 27.7 Å². The summed E-state index contributed by atoms with van der Waals surface area (Å²) in [6.07, 6.45) is 0.698. The summed E-state index contributed by atoms with van der Waals surface area (Å²) in [4.78, 5) is 16.6. The fourth-order valence-electron chi connectivity index (χ4n) is 3.23. The Kier molecular flexibility index (Phi) is 7.54. The van der Waals surface area contributed by atoms with Crippen molar-refractivity contribution >= 4 is 38.9 Å². The van der Waals surface area contributed by atoms with Gasteiger partial charge in [0.25, 0.3) is 5.91 Å². The molecule has 0 radical (unpaired) electrons. The number of amides is 1. The molecule has 0 fully saturated rings. The van der Waals surface area contributed by atoms with E-state index in [0.717, 1.165) is 9.87 Å². The molecule has 5 nitrogen and oxygen atoms in total. The van der Waals surface area contributed by atoms with Gasteiger partial charge in [-0.3, -0.25) is 4.79 Å². The molecular formula is C23H25ClN2O3S2. The number of halogens is 1. The van der Waals surface area contributed by atoms with Crippen LogP contribution in [0.5, 0.6) is 0 Å². The molecule has 2 aromatic carbocycles. The van der Waals surface area contributed by atoms with Gasteiger partial charge in [-0.05, 0) is 42.1 Å². The number of carbonyl (C=O) groups is 1. The summed E-state index contributed by atoms with van der Waals surface area (Å²) in [5.41, 5.74) is 1.17. The zero-order chi connectivity index (χ0) is 22.6. The maximum atomic E-state index is 13.6. The van der Waals surface area contributed by atoms with Crippen molar-refractivity contribution in [3.63, 3.8) is 0 Å². The number of hydrogen-bond acceptors (Lipinski definition) is 4. The first-order valence-corrected chi connectivity index (χ1v) is 12.5. The average Bonchev–Trinajstić information content (AvgIpc) is 3.25. The Morgan fingerprint density at radius 2 is 1.77 bits per heavy atom. The molecule has 3 aromatic rings. The number of carbonyl (C=O) groups excluding carboxylic acids is 1.